The van der Waals surface area contributed by atoms with Crippen molar-refractivity contribution in [2.75, 3.05) is 31.2 Å². The number of ether oxygens (including phenoxy) is 1. The standard InChI is InChI=1S/C17H27N5O3/c1-4-5-6-7-8-22-13-14(19(2)17(24)20(3)15(13)23)18-16(22)21-9-11-25-12-10-21/h4-12H2,1-3H3. The monoisotopic (exact) mass is 349 g/mol. The second kappa shape index (κ2) is 7.43. The summed E-state index contributed by atoms with van der Waals surface area (Å²) in [6.45, 7) is 5.69. The quantitative estimate of drug-likeness (QED) is 0.723. The summed E-state index contributed by atoms with van der Waals surface area (Å²) in [5.74, 6) is 0.771. The summed E-state index contributed by atoms with van der Waals surface area (Å²) < 4.78 is 10.1. The highest BCUT2D eigenvalue weighted by Gasteiger charge is 2.23. The fourth-order valence-electron chi connectivity index (χ4n) is 3.35. The number of aromatic nitrogens is 4. The minimum atomic E-state index is -0.346. The van der Waals surface area contributed by atoms with Crippen LogP contribution in [0.2, 0.25) is 0 Å². The van der Waals surface area contributed by atoms with Crippen LogP contribution >= 0.6 is 0 Å². The fraction of sp³-hybridized carbons (Fsp3) is 0.706. The second-order valence-electron chi connectivity index (χ2n) is 6.60. The highest BCUT2D eigenvalue weighted by Crippen LogP contribution is 2.21. The fourth-order valence-corrected chi connectivity index (χ4v) is 3.35. The Labute approximate surface area is 146 Å². The number of unbranched alkanes of at least 4 members (excludes halogenated alkanes) is 3. The van der Waals surface area contributed by atoms with E-state index in [1.807, 2.05) is 4.57 Å². The maximum Gasteiger partial charge on any atom is 0.332 e. The zero-order valence-electron chi connectivity index (χ0n) is 15.3. The van der Waals surface area contributed by atoms with E-state index in [0.29, 0.717) is 24.4 Å². The smallest absolute Gasteiger partial charge is 0.332 e. The minimum absolute atomic E-state index is 0.277. The number of nitrogens with zero attached hydrogens (tertiary/aromatic N) is 5. The van der Waals surface area contributed by atoms with Crippen LogP contribution in [0.1, 0.15) is 32.6 Å². The van der Waals surface area contributed by atoms with E-state index in [-0.39, 0.29) is 11.2 Å². The van der Waals surface area contributed by atoms with Gasteiger partial charge >= 0.3 is 5.69 Å². The zero-order valence-corrected chi connectivity index (χ0v) is 15.3. The number of rotatable bonds is 6. The van der Waals surface area contributed by atoms with Gasteiger partial charge in [0.15, 0.2) is 11.2 Å². The lowest BCUT2D eigenvalue weighted by Crippen LogP contribution is -2.38. The third-order valence-corrected chi connectivity index (χ3v) is 4.86. The molecule has 138 valence electrons. The molecule has 0 aromatic carbocycles. The first-order valence-corrected chi connectivity index (χ1v) is 9.05. The molecule has 25 heavy (non-hydrogen) atoms. The van der Waals surface area contributed by atoms with Crippen LogP contribution in [0.25, 0.3) is 11.2 Å². The van der Waals surface area contributed by atoms with E-state index >= 15 is 0 Å². The lowest BCUT2D eigenvalue weighted by molar-refractivity contribution is 0.121. The molecule has 1 saturated heterocycles. The van der Waals surface area contributed by atoms with Crippen LogP contribution in [0.3, 0.4) is 0 Å². The van der Waals surface area contributed by atoms with E-state index < -0.39 is 0 Å². The molecular weight excluding hydrogens is 322 g/mol. The molecular formula is C17H27N5O3. The van der Waals surface area contributed by atoms with Crippen LogP contribution in [0.5, 0.6) is 0 Å². The summed E-state index contributed by atoms with van der Waals surface area (Å²) >= 11 is 0. The van der Waals surface area contributed by atoms with E-state index in [2.05, 4.69) is 16.8 Å². The van der Waals surface area contributed by atoms with Gasteiger partial charge in [0.25, 0.3) is 5.56 Å². The summed E-state index contributed by atoms with van der Waals surface area (Å²) in [6, 6.07) is 0. The lowest BCUT2D eigenvalue weighted by atomic mass is 10.2. The molecule has 1 aliphatic heterocycles. The third-order valence-electron chi connectivity index (χ3n) is 4.86. The summed E-state index contributed by atoms with van der Waals surface area (Å²) in [5.41, 5.74) is 0.356. The number of aryl methyl sites for hydroxylation is 2. The SMILES string of the molecule is CCCCCCn1c(N2CCOCC2)nc2c1c(=O)n(C)c(=O)n2C. The van der Waals surface area contributed by atoms with Crippen molar-refractivity contribution in [3.05, 3.63) is 20.8 Å². The molecule has 1 aliphatic rings. The Bertz CT molecular complexity index is 858. The van der Waals surface area contributed by atoms with Crippen molar-refractivity contribution in [1.29, 1.82) is 0 Å². The van der Waals surface area contributed by atoms with Gasteiger partial charge in [-0.15, -0.1) is 0 Å². The van der Waals surface area contributed by atoms with Gasteiger partial charge in [0.2, 0.25) is 5.95 Å². The van der Waals surface area contributed by atoms with E-state index in [4.69, 9.17) is 4.74 Å². The average molecular weight is 349 g/mol. The van der Waals surface area contributed by atoms with Gasteiger partial charge in [-0.05, 0) is 6.42 Å². The number of hydrogen-bond donors (Lipinski definition) is 0. The van der Waals surface area contributed by atoms with Crippen LogP contribution in [0, 0.1) is 0 Å². The predicted molar refractivity (Wildman–Crippen MR) is 97.4 cm³/mol. The summed E-state index contributed by atoms with van der Waals surface area (Å²) in [7, 11) is 3.19. The van der Waals surface area contributed by atoms with Crippen molar-refractivity contribution in [3.63, 3.8) is 0 Å². The first kappa shape index (κ1) is 17.7. The molecule has 0 atom stereocenters. The van der Waals surface area contributed by atoms with Gasteiger partial charge in [-0.1, -0.05) is 26.2 Å². The van der Waals surface area contributed by atoms with Crippen LogP contribution in [0.4, 0.5) is 5.95 Å². The summed E-state index contributed by atoms with van der Waals surface area (Å²) in [4.78, 5) is 31.8. The van der Waals surface area contributed by atoms with Gasteiger partial charge in [-0.3, -0.25) is 13.9 Å². The van der Waals surface area contributed by atoms with E-state index in [0.717, 1.165) is 49.4 Å². The molecule has 0 N–H and O–H groups in total. The van der Waals surface area contributed by atoms with Gasteiger partial charge in [0, 0.05) is 33.7 Å². The van der Waals surface area contributed by atoms with E-state index in [1.54, 1.807) is 7.05 Å². The molecule has 0 amide bonds. The predicted octanol–water partition coefficient (Wildman–Crippen LogP) is 0.851. The molecule has 0 saturated carbocycles. The topological polar surface area (TPSA) is 74.3 Å². The molecule has 1 fully saturated rings. The first-order valence-electron chi connectivity index (χ1n) is 9.05. The zero-order chi connectivity index (χ0) is 18.0. The normalized spacial score (nSPS) is 15.2. The number of fused-ring (bicyclic) bond motifs is 1. The number of morpholine rings is 1. The van der Waals surface area contributed by atoms with Crippen molar-refractivity contribution < 1.29 is 4.74 Å². The van der Waals surface area contributed by atoms with Crippen molar-refractivity contribution in [3.8, 4) is 0 Å². The molecule has 0 spiro atoms. The average Bonchev–Trinajstić information content (AvgIpc) is 3.02. The van der Waals surface area contributed by atoms with Crippen molar-refractivity contribution >= 4 is 17.1 Å². The second-order valence-corrected chi connectivity index (χ2v) is 6.60. The Morgan fingerprint density at radius 1 is 1.04 bits per heavy atom. The number of imidazole rings is 1. The number of anilines is 1. The Morgan fingerprint density at radius 3 is 2.44 bits per heavy atom. The van der Waals surface area contributed by atoms with Crippen molar-refractivity contribution in [1.82, 2.24) is 18.7 Å². The molecule has 3 heterocycles. The molecule has 2 aromatic rings. The maximum absolute atomic E-state index is 12.8. The molecule has 0 radical (unpaired) electrons. The maximum atomic E-state index is 12.8. The number of hydrogen-bond acceptors (Lipinski definition) is 5. The van der Waals surface area contributed by atoms with Crippen LogP contribution in [-0.2, 0) is 25.4 Å². The Balaban J connectivity index is 2.12. The van der Waals surface area contributed by atoms with Gasteiger partial charge in [-0.25, -0.2) is 4.79 Å². The van der Waals surface area contributed by atoms with E-state index in [9.17, 15) is 9.59 Å². The van der Waals surface area contributed by atoms with Gasteiger partial charge in [0.1, 0.15) is 0 Å². The Hall–Kier alpha value is -2.09. The molecule has 0 aliphatic carbocycles. The summed E-state index contributed by atoms with van der Waals surface area (Å²) in [5, 5.41) is 0. The first-order chi connectivity index (χ1) is 12.1. The molecule has 0 unspecified atom stereocenters. The largest absolute Gasteiger partial charge is 0.378 e. The Kier molecular flexibility index (Phi) is 5.27. The minimum Gasteiger partial charge on any atom is -0.378 e. The lowest BCUT2D eigenvalue weighted by Gasteiger charge is -2.28. The van der Waals surface area contributed by atoms with Crippen LogP contribution in [-0.4, -0.2) is 45.0 Å². The van der Waals surface area contributed by atoms with Crippen molar-refractivity contribution in [2.45, 2.75) is 39.2 Å². The molecule has 8 heteroatoms. The van der Waals surface area contributed by atoms with Gasteiger partial charge < -0.3 is 14.2 Å². The molecule has 0 bridgehead atoms. The van der Waals surface area contributed by atoms with Crippen molar-refractivity contribution in [2.24, 2.45) is 14.1 Å². The van der Waals surface area contributed by atoms with Crippen LogP contribution < -0.4 is 16.1 Å². The molecule has 2 aromatic heterocycles. The summed E-state index contributed by atoms with van der Waals surface area (Å²) in [6.07, 6.45) is 4.45. The third kappa shape index (κ3) is 3.22. The molecule has 3 rings (SSSR count). The Morgan fingerprint density at radius 2 is 1.76 bits per heavy atom. The van der Waals surface area contributed by atoms with E-state index in [1.165, 1.54) is 18.0 Å². The van der Waals surface area contributed by atoms with Crippen LogP contribution in [0.15, 0.2) is 9.59 Å². The molecule has 8 nitrogen and oxygen atoms in total. The highest BCUT2D eigenvalue weighted by atomic mass is 16.5. The highest BCUT2D eigenvalue weighted by molar-refractivity contribution is 5.74. The van der Waals surface area contributed by atoms with Gasteiger partial charge in [0.05, 0.1) is 13.2 Å². The van der Waals surface area contributed by atoms with Gasteiger partial charge in [-0.2, -0.15) is 4.98 Å².